The summed E-state index contributed by atoms with van der Waals surface area (Å²) in [6.45, 7) is 3.37. The van der Waals surface area contributed by atoms with Crippen molar-refractivity contribution in [3.05, 3.63) is 20.8 Å². The highest BCUT2D eigenvalue weighted by Crippen LogP contribution is 2.22. The Morgan fingerprint density at radius 1 is 1.42 bits per heavy atom. The van der Waals surface area contributed by atoms with Crippen LogP contribution >= 0.6 is 0 Å². The molecule has 2 heterocycles. The van der Waals surface area contributed by atoms with Gasteiger partial charge in [0.15, 0.2) is 0 Å². The van der Waals surface area contributed by atoms with Gasteiger partial charge in [-0.25, -0.2) is 4.79 Å². The molecular weight excluding hydrogens is 248 g/mol. The molecule has 1 aliphatic heterocycles. The van der Waals surface area contributed by atoms with Gasteiger partial charge in [-0.15, -0.1) is 0 Å². The molecule has 7 nitrogen and oxygen atoms in total. The number of nitrogens with zero attached hydrogens (tertiary/aromatic N) is 3. The number of nitrogen functional groups attached to an aromatic ring is 1. The van der Waals surface area contributed by atoms with Gasteiger partial charge in [-0.05, 0) is 12.8 Å². The van der Waals surface area contributed by atoms with E-state index >= 15 is 0 Å². The number of nitrogens with two attached hydrogens (primary N) is 1. The molecule has 1 fully saturated rings. The lowest BCUT2D eigenvalue weighted by molar-refractivity contribution is 0.198. The summed E-state index contributed by atoms with van der Waals surface area (Å²) in [4.78, 5) is 26.0. The van der Waals surface area contributed by atoms with E-state index in [1.54, 1.807) is 4.90 Å². The average Bonchev–Trinajstić information content (AvgIpc) is 2.79. The first kappa shape index (κ1) is 13.7. The van der Waals surface area contributed by atoms with Gasteiger partial charge in [0.1, 0.15) is 11.5 Å². The molecule has 0 spiro atoms. The predicted octanol–water partition coefficient (Wildman–Crippen LogP) is -0.890. The van der Waals surface area contributed by atoms with Crippen molar-refractivity contribution in [1.29, 1.82) is 0 Å². The van der Waals surface area contributed by atoms with Crippen molar-refractivity contribution in [2.75, 3.05) is 23.7 Å². The highest BCUT2D eigenvalue weighted by Gasteiger charge is 2.26. The van der Waals surface area contributed by atoms with Crippen LogP contribution in [0.15, 0.2) is 9.59 Å². The van der Waals surface area contributed by atoms with Gasteiger partial charge in [-0.1, -0.05) is 6.92 Å². The summed E-state index contributed by atoms with van der Waals surface area (Å²) in [6.07, 6.45) is 0.913. The van der Waals surface area contributed by atoms with Crippen molar-refractivity contribution in [2.45, 2.75) is 32.4 Å². The molecule has 1 saturated heterocycles. The molecule has 0 aromatic carbocycles. The maximum Gasteiger partial charge on any atom is 0.332 e. The smallest absolute Gasteiger partial charge is 0.332 e. The number of aliphatic hydroxyl groups excluding tert-OH is 1. The largest absolute Gasteiger partial charge is 0.391 e. The van der Waals surface area contributed by atoms with Gasteiger partial charge >= 0.3 is 5.69 Å². The second-order valence-corrected chi connectivity index (χ2v) is 4.92. The maximum atomic E-state index is 12.2. The quantitative estimate of drug-likeness (QED) is 0.742. The number of anilines is 2. The molecule has 7 heteroatoms. The minimum atomic E-state index is -0.448. The average molecular weight is 268 g/mol. The van der Waals surface area contributed by atoms with Gasteiger partial charge < -0.3 is 15.7 Å². The Balaban J connectivity index is 2.60. The fourth-order valence-corrected chi connectivity index (χ4v) is 2.45. The number of aliphatic hydroxyl groups is 1. The second kappa shape index (κ2) is 5.08. The van der Waals surface area contributed by atoms with E-state index < -0.39 is 17.4 Å². The van der Waals surface area contributed by atoms with Crippen LogP contribution in [0.2, 0.25) is 0 Å². The lowest BCUT2D eigenvalue weighted by Gasteiger charge is -2.22. The molecule has 0 radical (unpaired) electrons. The second-order valence-electron chi connectivity index (χ2n) is 4.92. The minimum Gasteiger partial charge on any atom is -0.391 e. The van der Waals surface area contributed by atoms with Crippen LogP contribution in [0.5, 0.6) is 0 Å². The molecule has 0 unspecified atom stereocenters. The number of aromatic nitrogens is 2. The zero-order chi connectivity index (χ0) is 14.2. The molecule has 0 amide bonds. The van der Waals surface area contributed by atoms with Crippen LogP contribution in [0, 0.1) is 0 Å². The van der Waals surface area contributed by atoms with Crippen LogP contribution in [0.4, 0.5) is 11.5 Å². The van der Waals surface area contributed by atoms with Crippen LogP contribution in [-0.2, 0) is 13.6 Å². The van der Waals surface area contributed by atoms with Gasteiger partial charge in [-0.2, -0.15) is 0 Å². The molecule has 106 valence electrons. The first-order valence-electron chi connectivity index (χ1n) is 6.49. The maximum absolute atomic E-state index is 12.2. The third-order valence-corrected chi connectivity index (χ3v) is 3.49. The van der Waals surface area contributed by atoms with Crippen molar-refractivity contribution in [2.24, 2.45) is 7.05 Å². The first-order valence-corrected chi connectivity index (χ1v) is 6.49. The normalized spacial score (nSPS) is 19.1. The Kier molecular flexibility index (Phi) is 3.66. The monoisotopic (exact) mass is 268 g/mol. The lowest BCUT2D eigenvalue weighted by atomic mass is 10.3. The summed E-state index contributed by atoms with van der Waals surface area (Å²) in [7, 11) is 1.45. The number of β-amino-alcohol motifs (C(OH)–C–C–N with tert-alkyl or cyclic N) is 1. The minimum absolute atomic E-state index is 0.198. The standard InChI is InChI=1S/C12H20N4O3/c1-3-5-16-10(13)9(11(18)14(2)12(16)19)15-6-4-8(17)7-15/h8,17H,3-7,13H2,1-2H3/t8-/m0/s1. The Labute approximate surface area is 110 Å². The van der Waals surface area contributed by atoms with Gasteiger partial charge in [0, 0.05) is 26.7 Å². The van der Waals surface area contributed by atoms with E-state index in [0.717, 1.165) is 11.0 Å². The van der Waals surface area contributed by atoms with Crippen molar-refractivity contribution >= 4 is 11.5 Å². The topological polar surface area (TPSA) is 93.5 Å². The molecule has 0 aliphatic carbocycles. The summed E-state index contributed by atoms with van der Waals surface area (Å²) in [5.41, 5.74) is 5.52. The van der Waals surface area contributed by atoms with E-state index in [1.807, 2.05) is 6.92 Å². The van der Waals surface area contributed by atoms with Crippen LogP contribution in [0.1, 0.15) is 19.8 Å². The fourth-order valence-electron chi connectivity index (χ4n) is 2.45. The van der Waals surface area contributed by atoms with E-state index in [-0.39, 0.29) is 5.82 Å². The molecule has 19 heavy (non-hydrogen) atoms. The van der Waals surface area contributed by atoms with E-state index in [1.165, 1.54) is 11.6 Å². The molecular formula is C12H20N4O3. The fraction of sp³-hybridized carbons (Fsp3) is 0.667. The summed E-state index contributed by atoms with van der Waals surface area (Å²) in [5, 5.41) is 9.58. The number of rotatable bonds is 3. The first-order chi connectivity index (χ1) is 8.97. The summed E-state index contributed by atoms with van der Waals surface area (Å²) < 4.78 is 2.49. The molecule has 0 bridgehead atoms. The van der Waals surface area contributed by atoms with Gasteiger partial charge in [-0.3, -0.25) is 13.9 Å². The zero-order valence-corrected chi connectivity index (χ0v) is 11.3. The highest BCUT2D eigenvalue weighted by molar-refractivity contribution is 5.63. The van der Waals surface area contributed by atoms with E-state index in [4.69, 9.17) is 5.73 Å². The highest BCUT2D eigenvalue weighted by atomic mass is 16.3. The van der Waals surface area contributed by atoms with E-state index in [2.05, 4.69) is 0 Å². The van der Waals surface area contributed by atoms with E-state index in [0.29, 0.717) is 31.7 Å². The molecule has 3 N–H and O–H groups in total. The van der Waals surface area contributed by atoms with Crippen molar-refractivity contribution < 1.29 is 5.11 Å². The molecule has 1 aromatic rings. The lowest BCUT2D eigenvalue weighted by Crippen LogP contribution is -2.43. The molecule has 2 rings (SSSR count). The Bertz CT molecular complexity index is 590. The summed E-state index contributed by atoms with van der Waals surface area (Å²) in [6, 6.07) is 0. The third-order valence-electron chi connectivity index (χ3n) is 3.49. The van der Waals surface area contributed by atoms with Gasteiger partial charge in [0.2, 0.25) is 0 Å². The Morgan fingerprint density at radius 2 is 2.11 bits per heavy atom. The van der Waals surface area contributed by atoms with Crippen molar-refractivity contribution in [3.8, 4) is 0 Å². The van der Waals surface area contributed by atoms with Crippen LogP contribution in [-0.4, -0.2) is 33.4 Å². The molecule has 0 saturated carbocycles. The van der Waals surface area contributed by atoms with Crippen molar-refractivity contribution in [1.82, 2.24) is 9.13 Å². The SMILES string of the molecule is CCCn1c(N)c(N2CC[C@H](O)C2)c(=O)n(C)c1=O. The summed E-state index contributed by atoms with van der Waals surface area (Å²) >= 11 is 0. The van der Waals surface area contributed by atoms with Crippen LogP contribution in [0.25, 0.3) is 0 Å². The summed E-state index contributed by atoms with van der Waals surface area (Å²) in [5.74, 6) is 0.198. The van der Waals surface area contributed by atoms with E-state index in [9.17, 15) is 14.7 Å². The Morgan fingerprint density at radius 3 is 2.63 bits per heavy atom. The number of hydrogen-bond donors (Lipinski definition) is 2. The Hall–Kier alpha value is -1.76. The van der Waals surface area contributed by atoms with Crippen LogP contribution < -0.4 is 21.9 Å². The van der Waals surface area contributed by atoms with Gasteiger partial charge in [0.05, 0.1) is 6.10 Å². The molecule has 1 atom stereocenters. The van der Waals surface area contributed by atoms with Crippen LogP contribution in [0.3, 0.4) is 0 Å². The van der Waals surface area contributed by atoms with Crippen molar-refractivity contribution in [3.63, 3.8) is 0 Å². The number of hydrogen-bond acceptors (Lipinski definition) is 5. The third kappa shape index (κ3) is 2.25. The predicted molar refractivity (Wildman–Crippen MR) is 73.5 cm³/mol. The molecule has 1 aromatic heterocycles. The molecule has 1 aliphatic rings. The van der Waals surface area contributed by atoms with Gasteiger partial charge in [0.25, 0.3) is 5.56 Å². The zero-order valence-electron chi connectivity index (χ0n) is 11.3.